The maximum atomic E-state index is 10.4. The highest BCUT2D eigenvalue weighted by molar-refractivity contribution is 5.85. The topological polar surface area (TPSA) is 112 Å². The van der Waals surface area contributed by atoms with Crippen LogP contribution in [0.15, 0.2) is 36.8 Å². The number of H-pyrrole nitrogens is 1. The van der Waals surface area contributed by atoms with Gasteiger partial charge in [0.2, 0.25) is 5.95 Å². The zero-order valence-electron chi connectivity index (χ0n) is 15.9. The summed E-state index contributed by atoms with van der Waals surface area (Å²) in [5.74, 6) is 0.668. The smallest absolute Gasteiger partial charge is 0.245 e. The molecule has 0 spiro atoms. The van der Waals surface area contributed by atoms with E-state index < -0.39 is 0 Å². The van der Waals surface area contributed by atoms with Gasteiger partial charge in [-0.05, 0) is 24.7 Å². The highest BCUT2D eigenvalue weighted by Gasteiger charge is 2.33. The molecule has 11 heteroatoms. The molecule has 0 aliphatic carbocycles. The minimum Gasteiger partial charge on any atom is -0.507 e. The Labute approximate surface area is 180 Å². The summed E-state index contributed by atoms with van der Waals surface area (Å²) < 4.78 is 5.50. The van der Waals surface area contributed by atoms with E-state index in [0.717, 1.165) is 17.7 Å². The fourth-order valence-corrected chi connectivity index (χ4v) is 3.33. The van der Waals surface area contributed by atoms with Gasteiger partial charge < -0.3 is 20.1 Å². The molecule has 1 aliphatic rings. The van der Waals surface area contributed by atoms with Crippen LogP contribution in [0.5, 0.6) is 5.75 Å². The molecule has 4 rings (SSSR count). The maximum Gasteiger partial charge on any atom is 0.245 e. The molecular weight excluding hydrogens is 417 g/mol. The van der Waals surface area contributed by atoms with Gasteiger partial charge in [0.05, 0.1) is 24.5 Å². The van der Waals surface area contributed by atoms with Crippen LogP contribution < -0.4 is 10.2 Å². The van der Waals surface area contributed by atoms with E-state index in [1.807, 2.05) is 18.0 Å². The maximum absolute atomic E-state index is 10.4. The van der Waals surface area contributed by atoms with Crippen LogP contribution in [0.25, 0.3) is 22.4 Å². The molecule has 1 aromatic carbocycles. The molecule has 1 aliphatic heterocycles. The lowest BCUT2D eigenvalue weighted by Gasteiger charge is -2.15. The Bertz CT molecular complexity index is 897. The van der Waals surface area contributed by atoms with Gasteiger partial charge in [-0.3, -0.25) is 5.10 Å². The average molecular weight is 440 g/mol. The largest absolute Gasteiger partial charge is 0.507 e. The fourth-order valence-electron chi connectivity index (χ4n) is 3.33. The molecule has 9 nitrogen and oxygen atoms in total. The number of phenols is 1. The number of nitrogens with one attached hydrogen (secondary N) is 2. The number of likely N-dealkylation sites (N-methyl/N-ethyl adjacent to an activating group) is 1. The highest BCUT2D eigenvalue weighted by atomic mass is 35.5. The van der Waals surface area contributed by atoms with Crippen molar-refractivity contribution >= 4 is 30.8 Å². The number of hydrogen-bond donors (Lipinski definition) is 3. The number of aromatic nitrogens is 5. The molecule has 1 saturated heterocycles. The summed E-state index contributed by atoms with van der Waals surface area (Å²) in [5, 5.41) is 28.8. The van der Waals surface area contributed by atoms with E-state index in [-0.39, 0.29) is 42.7 Å². The summed E-state index contributed by atoms with van der Waals surface area (Å²) in [6.45, 7) is 1.45. The molecule has 2 aromatic heterocycles. The number of aromatic hydroxyl groups is 1. The molecule has 0 amide bonds. The Hall–Kier alpha value is -2.46. The Morgan fingerprint density at radius 2 is 2.00 bits per heavy atom. The number of aromatic amines is 1. The first-order valence-electron chi connectivity index (χ1n) is 8.67. The predicted octanol–water partition coefficient (Wildman–Crippen LogP) is 1.90. The molecule has 29 heavy (non-hydrogen) atoms. The van der Waals surface area contributed by atoms with Gasteiger partial charge >= 0.3 is 0 Å². The lowest BCUT2D eigenvalue weighted by molar-refractivity contribution is 0.0996. The number of rotatable bonds is 5. The van der Waals surface area contributed by atoms with Crippen molar-refractivity contribution in [2.24, 2.45) is 0 Å². The second-order valence-corrected chi connectivity index (χ2v) is 6.44. The van der Waals surface area contributed by atoms with Crippen LogP contribution in [0.3, 0.4) is 0 Å². The normalized spacial score (nSPS) is 18.2. The quantitative estimate of drug-likeness (QED) is 0.552. The van der Waals surface area contributed by atoms with Gasteiger partial charge in [-0.1, -0.05) is 6.07 Å². The van der Waals surface area contributed by atoms with Crippen molar-refractivity contribution in [2.75, 3.05) is 32.1 Å². The Morgan fingerprint density at radius 1 is 1.17 bits per heavy atom. The first kappa shape index (κ1) is 22.8. The molecule has 3 N–H and O–H groups in total. The minimum absolute atomic E-state index is 0. The number of methoxy groups -OCH3 is 1. The molecule has 0 unspecified atom stereocenters. The molecule has 0 saturated carbocycles. The molecule has 3 heterocycles. The third-order valence-electron chi connectivity index (χ3n) is 4.88. The van der Waals surface area contributed by atoms with Crippen LogP contribution in [-0.4, -0.2) is 69.9 Å². The van der Waals surface area contributed by atoms with Crippen LogP contribution in [0, 0.1) is 0 Å². The number of anilines is 1. The first-order valence-corrected chi connectivity index (χ1v) is 8.67. The third kappa shape index (κ3) is 4.59. The fraction of sp³-hybridized carbons (Fsp3) is 0.333. The summed E-state index contributed by atoms with van der Waals surface area (Å²) in [4.78, 5) is 6.47. The lowest BCUT2D eigenvalue weighted by Crippen LogP contribution is -2.37. The molecule has 0 radical (unpaired) electrons. The van der Waals surface area contributed by atoms with Crippen molar-refractivity contribution < 1.29 is 9.84 Å². The Morgan fingerprint density at radius 3 is 2.55 bits per heavy atom. The zero-order chi connectivity index (χ0) is 18.8. The molecule has 0 bridgehead atoms. The van der Waals surface area contributed by atoms with Crippen molar-refractivity contribution in [2.45, 2.75) is 12.1 Å². The van der Waals surface area contributed by atoms with Crippen molar-refractivity contribution in [3.63, 3.8) is 0 Å². The standard InChI is InChI=1S/C18H21N7O2.2ClH/c1-19-15-9-25(10-17(15)27-2)18-20-8-14(23-24-18)13-4-3-11(5-16(13)26)12-6-21-22-7-12;;/h3-8,15,17,19,26H,9-10H2,1-2H3,(H,21,22);2*1H/t15-,17-;;/m1../s1. The highest BCUT2D eigenvalue weighted by Crippen LogP contribution is 2.32. The summed E-state index contributed by atoms with van der Waals surface area (Å²) >= 11 is 0. The summed E-state index contributed by atoms with van der Waals surface area (Å²) in [5.41, 5.74) is 2.86. The van der Waals surface area contributed by atoms with Gasteiger partial charge in [-0.25, -0.2) is 4.98 Å². The van der Waals surface area contributed by atoms with E-state index in [9.17, 15) is 5.11 Å². The Balaban J connectivity index is 0.00000150. The third-order valence-corrected chi connectivity index (χ3v) is 4.88. The van der Waals surface area contributed by atoms with Crippen molar-refractivity contribution in [1.29, 1.82) is 0 Å². The number of halogens is 2. The van der Waals surface area contributed by atoms with Gasteiger partial charge in [-0.15, -0.1) is 35.0 Å². The van der Waals surface area contributed by atoms with Crippen molar-refractivity contribution in [3.8, 4) is 28.1 Å². The molecule has 2 atom stereocenters. The number of phenolic OH excluding ortho intramolecular Hbond substituents is 1. The van der Waals surface area contributed by atoms with Crippen molar-refractivity contribution in [1.82, 2.24) is 30.7 Å². The van der Waals surface area contributed by atoms with Crippen LogP contribution in [0.4, 0.5) is 5.95 Å². The first-order chi connectivity index (χ1) is 13.2. The number of hydrogen-bond acceptors (Lipinski definition) is 8. The van der Waals surface area contributed by atoms with E-state index in [1.165, 1.54) is 0 Å². The van der Waals surface area contributed by atoms with E-state index in [0.29, 0.717) is 23.8 Å². The zero-order valence-corrected chi connectivity index (χ0v) is 17.6. The molecule has 156 valence electrons. The van der Waals surface area contributed by atoms with E-state index in [2.05, 4.69) is 30.7 Å². The van der Waals surface area contributed by atoms with Crippen LogP contribution in [0.2, 0.25) is 0 Å². The van der Waals surface area contributed by atoms with Crippen molar-refractivity contribution in [3.05, 3.63) is 36.8 Å². The summed E-state index contributed by atoms with van der Waals surface area (Å²) in [7, 11) is 3.62. The number of benzene rings is 1. The predicted molar refractivity (Wildman–Crippen MR) is 115 cm³/mol. The molecule has 3 aromatic rings. The van der Waals surface area contributed by atoms with Gasteiger partial charge in [0.15, 0.2) is 0 Å². The van der Waals surface area contributed by atoms with Crippen LogP contribution in [-0.2, 0) is 4.74 Å². The van der Waals surface area contributed by atoms with E-state index in [4.69, 9.17) is 4.74 Å². The Kier molecular flexibility index (Phi) is 7.74. The summed E-state index contributed by atoms with van der Waals surface area (Å²) in [6.07, 6.45) is 5.18. The van der Waals surface area contributed by atoms with Gasteiger partial charge in [0.25, 0.3) is 0 Å². The van der Waals surface area contributed by atoms with E-state index >= 15 is 0 Å². The minimum atomic E-state index is 0. The molecule has 1 fully saturated rings. The monoisotopic (exact) mass is 439 g/mol. The lowest BCUT2D eigenvalue weighted by atomic mass is 10.0. The average Bonchev–Trinajstić information content (AvgIpc) is 3.38. The second-order valence-electron chi connectivity index (χ2n) is 6.44. The van der Waals surface area contributed by atoms with Crippen LogP contribution >= 0.6 is 24.8 Å². The summed E-state index contributed by atoms with van der Waals surface area (Å²) in [6, 6.07) is 5.60. The van der Waals surface area contributed by atoms with Crippen LogP contribution in [0.1, 0.15) is 0 Å². The number of ether oxygens (including phenoxy) is 1. The van der Waals surface area contributed by atoms with Gasteiger partial charge in [0.1, 0.15) is 11.4 Å². The van der Waals surface area contributed by atoms with Gasteiger partial charge in [0, 0.05) is 37.5 Å². The number of nitrogens with zero attached hydrogens (tertiary/aromatic N) is 5. The molecular formula is C18H23Cl2N7O2. The van der Waals surface area contributed by atoms with E-state index in [1.54, 1.807) is 37.8 Å². The SMILES string of the molecule is CN[C@@H]1CN(c2ncc(-c3ccc(-c4cn[nH]c4)cc3O)nn2)C[C@H]1OC.Cl.Cl. The second kappa shape index (κ2) is 9.84. The van der Waals surface area contributed by atoms with Gasteiger partial charge in [-0.2, -0.15) is 5.10 Å².